The van der Waals surface area contributed by atoms with Crippen LogP contribution in [0.1, 0.15) is 35.1 Å². The van der Waals surface area contributed by atoms with E-state index < -0.39 is 0 Å². The average molecular weight is 306 g/mol. The molecule has 2 aromatic heterocycles. The van der Waals surface area contributed by atoms with Gasteiger partial charge in [-0.2, -0.15) is 0 Å². The van der Waals surface area contributed by atoms with Crippen LogP contribution in [0, 0.1) is 5.92 Å². The number of para-hydroxylation sites is 1. The van der Waals surface area contributed by atoms with Gasteiger partial charge in [0.2, 0.25) is 0 Å². The molecule has 1 aliphatic carbocycles. The molecule has 1 aromatic carbocycles. The van der Waals surface area contributed by atoms with Gasteiger partial charge in [0.1, 0.15) is 5.82 Å². The molecule has 1 fully saturated rings. The molecule has 0 aliphatic heterocycles. The summed E-state index contributed by atoms with van der Waals surface area (Å²) >= 11 is 0. The van der Waals surface area contributed by atoms with Crippen molar-refractivity contribution >= 4 is 16.8 Å². The molecule has 0 bridgehead atoms. The van der Waals surface area contributed by atoms with Crippen molar-refractivity contribution in [3.63, 3.8) is 0 Å². The van der Waals surface area contributed by atoms with Crippen LogP contribution in [-0.2, 0) is 7.05 Å². The molecule has 1 amide bonds. The lowest BCUT2D eigenvalue weighted by molar-refractivity contribution is 0.0930. The largest absolute Gasteiger partial charge is 0.342 e. The average Bonchev–Trinajstić information content (AvgIpc) is 3.33. The van der Waals surface area contributed by atoms with Crippen molar-refractivity contribution in [2.24, 2.45) is 13.0 Å². The molecule has 0 spiro atoms. The first kappa shape index (κ1) is 13.9. The van der Waals surface area contributed by atoms with Crippen molar-refractivity contribution in [2.75, 3.05) is 0 Å². The number of hydrogen-bond donors (Lipinski definition) is 1. The standard InChI is InChI=1S/C18H18N4O/c1-22-11-10-20-17(22)16(12-6-7-12)21-18(23)14-8-9-19-15-5-3-2-4-13(14)15/h2-5,8-12,16H,6-7H2,1H3,(H,21,23). The molecule has 0 saturated heterocycles. The molecule has 5 nitrogen and oxygen atoms in total. The number of aromatic nitrogens is 3. The van der Waals surface area contributed by atoms with Gasteiger partial charge in [-0.15, -0.1) is 0 Å². The first-order valence-corrected chi connectivity index (χ1v) is 7.86. The van der Waals surface area contributed by atoms with Crippen LogP contribution in [0.25, 0.3) is 10.9 Å². The summed E-state index contributed by atoms with van der Waals surface area (Å²) in [5, 5.41) is 4.06. The zero-order chi connectivity index (χ0) is 15.8. The molecular formula is C18H18N4O. The van der Waals surface area contributed by atoms with Crippen molar-refractivity contribution in [3.05, 3.63) is 60.3 Å². The van der Waals surface area contributed by atoms with Gasteiger partial charge >= 0.3 is 0 Å². The zero-order valence-electron chi connectivity index (χ0n) is 12.9. The summed E-state index contributed by atoms with van der Waals surface area (Å²) in [4.78, 5) is 21.6. The Morgan fingerprint density at radius 3 is 2.78 bits per heavy atom. The summed E-state index contributed by atoms with van der Waals surface area (Å²) in [6.07, 6.45) is 7.64. The Morgan fingerprint density at radius 1 is 1.22 bits per heavy atom. The highest BCUT2D eigenvalue weighted by Crippen LogP contribution is 2.40. The molecule has 2 heterocycles. The lowest BCUT2D eigenvalue weighted by Crippen LogP contribution is -2.31. The molecule has 0 radical (unpaired) electrons. The Morgan fingerprint density at radius 2 is 2.04 bits per heavy atom. The number of carbonyl (C=O) groups excluding carboxylic acids is 1. The van der Waals surface area contributed by atoms with Crippen molar-refractivity contribution in [2.45, 2.75) is 18.9 Å². The summed E-state index contributed by atoms with van der Waals surface area (Å²) < 4.78 is 1.98. The SMILES string of the molecule is Cn1ccnc1C(NC(=O)c1ccnc2ccccc12)C1CC1. The smallest absolute Gasteiger partial charge is 0.252 e. The first-order chi connectivity index (χ1) is 11.2. The normalized spacial score (nSPS) is 15.5. The number of hydrogen-bond acceptors (Lipinski definition) is 3. The Hall–Kier alpha value is -2.69. The molecule has 3 aromatic rings. The Labute approximate surface area is 134 Å². The maximum Gasteiger partial charge on any atom is 0.252 e. The number of fused-ring (bicyclic) bond motifs is 1. The topological polar surface area (TPSA) is 59.8 Å². The van der Waals surface area contributed by atoms with E-state index in [1.54, 1.807) is 18.5 Å². The van der Waals surface area contributed by atoms with E-state index >= 15 is 0 Å². The molecule has 1 saturated carbocycles. The van der Waals surface area contributed by atoms with Crippen molar-refractivity contribution in [3.8, 4) is 0 Å². The number of benzene rings is 1. The number of nitrogens with one attached hydrogen (secondary N) is 1. The van der Waals surface area contributed by atoms with Gasteiger partial charge in [0.15, 0.2) is 0 Å². The monoisotopic (exact) mass is 306 g/mol. The molecule has 4 rings (SSSR count). The predicted octanol–water partition coefficient (Wildman–Crippen LogP) is 2.85. The second kappa shape index (κ2) is 5.50. The van der Waals surface area contributed by atoms with Gasteiger partial charge in [-0.05, 0) is 30.9 Å². The van der Waals surface area contributed by atoms with Crippen molar-refractivity contribution in [1.82, 2.24) is 19.9 Å². The van der Waals surface area contributed by atoms with Gasteiger partial charge < -0.3 is 9.88 Å². The van der Waals surface area contributed by atoms with Crippen LogP contribution in [0.5, 0.6) is 0 Å². The van der Waals surface area contributed by atoms with E-state index in [1.807, 2.05) is 42.1 Å². The van der Waals surface area contributed by atoms with Gasteiger partial charge in [-0.3, -0.25) is 9.78 Å². The Kier molecular flexibility index (Phi) is 3.33. The Bertz CT molecular complexity index is 861. The number of nitrogens with zero attached hydrogens (tertiary/aromatic N) is 3. The van der Waals surface area contributed by atoms with Gasteiger partial charge in [0, 0.05) is 31.0 Å². The zero-order valence-corrected chi connectivity index (χ0v) is 12.9. The highest BCUT2D eigenvalue weighted by atomic mass is 16.1. The number of rotatable bonds is 4. The third kappa shape index (κ3) is 2.59. The van der Waals surface area contributed by atoms with E-state index in [9.17, 15) is 4.79 Å². The van der Waals surface area contributed by atoms with E-state index in [0.29, 0.717) is 11.5 Å². The lowest BCUT2D eigenvalue weighted by atomic mass is 10.1. The van der Waals surface area contributed by atoms with E-state index in [2.05, 4.69) is 15.3 Å². The third-order valence-corrected chi connectivity index (χ3v) is 4.41. The quantitative estimate of drug-likeness (QED) is 0.806. The van der Waals surface area contributed by atoms with Crippen LogP contribution in [0.3, 0.4) is 0 Å². The van der Waals surface area contributed by atoms with Crippen LogP contribution in [0.2, 0.25) is 0 Å². The maximum atomic E-state index is 12.8. The molecule has 1 unspecified atom stereocenters. The summed E-state index contributed by atoms with van der Waals surface area (Å²) in [6.45, 7) is 0. The molecule has 1 aliphatic rings. The molecule has 116 valence electrons. The lowest BCUT2D eigenvalue weighted by Gasteiger charge is -2.18. The molecule has 1 N–H and O–H groups in total. The minimum Gasteiger partial charge on any atom is -0.342 e. The van der Waals surface area contributed by atoms with E-state index in [-0.39, 0.29) is 11.9 Å². The van der Waals surface area contributed by atoms with Crippen LogP contribution in [-0.4, -0.2) is 20.4 Å². The summed E-state index contributed by atoms with van der Waals surface area (Å²) in [6, 6.07) is 9.46. The first-order valence-electron chi connectivity index (χ1n) is 7.86. The third-order valence-electron chi connectivity index (χ3n) is 4.41. The molecule has 23 heavy (non-hydrogen) atoms. The number of imidazole rings is 1. The number of aryl methyl sites for hydroxylation is 1. The predicted molar refractivity (Wildman–Crippen MR) is 87.9 cm³/mol. The van der Waals surface area contributed by atoms with Crippen LogP contribution in [0.15, 0.2) is 48.9 Å². The molecule has 1 atom stereocenters. The van der Waals surface area contributed by atoms with Gasteiger partial charge in [-0.1, -0.05) is 18.2 Å². The second-order valence-electron chi connectivity index (χ2n) is 6.06. The highest BCUT2D eigenvalue weighted by molar-refractivity contribution is 6.06. The van der Waals surface area contributed by atoms with Gasteiger partial charge in [-0.25, -0.2) is 4.98 Å². The van der Waals surface area contributed by atoms with E-state index in [1.165, 1.54) is 0 Å². The summed E-state index contributed by atoms with van der Waals surface area (Å²) in [5.41, 5.74) is 1.50. The maximum absolute atomic E-state index is 12.8. The van der Waals surface area contributed by atoms with Gasteiger partial charge in [0.25, 0.3) is 5.91 Å². The number of amides is 1. The fourth-order valence-corrected chi connectivity index (χ4v) is 3.01. The Balaban J connectivity index is 1.67. The number of pyridine rings is 1. The van der Waals surface area contributed by atoms with Crippen molar-refractivity contribution in [1.29, 1.82) is 0 Å². The van der Waals surface area contributed by atoms with E-state index in [0.717, 1.165) is 29.6 Å². The highest BCUT2D eigenvalue weighted by Gasteiger charge is 2.36. The van der Waals surface area contributed by atoms with Crippen LogP contribution < -0.4 is 5.32 Å². The molecular weight excluding hydrogens is 288 g/mol. The molecule has 5 heteroatoms. The van der Waals surface area contributed by atoms with E-state index in [4.69, 9.17) is 0 Å². The van der Waals surface area contributed by atoms with Gasteiger partial charge in [0.05, 0.1) is 17.1 Å². The van der Waals surface area contributed by atoms with Crippen molar-refractivity contribution < 1.29 is 4.79 Å². The minimum absolute atomic E-state index is 0.0329. The summed E-state index contributed by atoms with van der Waals surface area (Å²) in [7, 11) is 1.96. The van der Waals surface area contributed by atoms with Crippen LogP contribution >= 0.6 is 0 Å². The fourth-order valence-electron chi connectivity index (χ4n) is 3.01. The second-order valence-corrected chi connectivity index (χ2v) is 6.06. The fraction of sp³-hybridized carbons (Fsp3) is 0.278. The number of carbonyl (C=O) groups is 1. The minimum atomic E-state index is -0.0662. The van der Waals surface area contributed by atoms with Crippen LogP contribution in [0.4, 0.5) is 0 Å². The summed E-state index contributed by atoms with van der Waals surface area (Å²) in [5.74, 6) is 1.33.